The van der Waals surface area contributed by atoms with Gasteiger partial charge in [-0.15, -0.1) is 11.3 Å². The second-order valence-electron chi connectivity index (χ2n) is 16.7. The molecule has 0 aliphatic carbocycles. The van der Waals surface area contributed by atoms with E-state index in [1.54, 1.807) is 39.1 Å². The van der Waals surface area contributed by atoms with Crippen molar-refractivity contribution in [2.75, 3.05) is 13.7 Å². The predicted octanol–water partition coefficient (Wildman–Crippen LogP) is 7.22. The summed E-state index contributed by atoms with van der Waals surface area (Å²) in [5.74, 6) is -3.76. The Morgan fingerprint density at radius 3 is 2.01 bits per heavy atom. The zero-order valence-corrected chi connectivity index (χ0v) is 40.6. The van der Waals surface area contributed by atoms with Crippen LogP contribution in [0, 0.1) is 11.6 Å². The molecule has 0 saturated heterocycles. The third-order valence-electron chi connectivity index (χ3n) is 11.0. The van der Waals surface area contributed by atoms with Crippen LogP contribution in [0.4, 0.5) is 8.78 Å². The molecule has 3 N–H and O–H groups in total. The zero-order valence-electron chi connectivity index (χ0n) is 38.2. The minimum absolute atomic E-state index is 0.00208. The van der Waals surface area contributed by atoms with E-state index in [9.17, 15) is 35.9 Å². The van der Waals surface area contributed by atoms with Crippen LogP contribution in [-0.2, 0) is 72.9 Å². The molecule has 0 aliphatic rings. The van der Waals surface area contributed by atoms with Crippen molar-refractivity contribution in [3.05, 3.63) is 129 Å². The predicted molar refractivity (Wildman–Crippen MR) is 248 cm³/mol. The molecular formula is C47H52F2N6O9S3. The van der Waals surface area contributed by atoms with Gasteiger partial charge in [0.15, 0.2) is 5.03 Å². The number of sulfonamides is 2. The second kappa shape index (κ2) is 20.5. The number of carbonyl (C=O) groups excluding carboxylic acids is 2. The van der Waals surface area contributed by atoms with Crippen molar-refractivity contribution >= 4 is 43.2 Å². The molecule has 6 rings (SSSR count). The van der Waals surface area contributed by atoms with Crippen molar-refractivity contribution in [1.82, 2.24) is 29.2 Å². The lowest BCUT2D eigenvalue weighted by Crippen LogP contribution is -2.32. The topological polar surface area (TPSA) is 209 Å². The normalized spacial score (nSPS) is 12.6. The summed E-state index contributed by atoms with van der Waals surface area (Å²) in [6.07, 6.45) is 3.53. The molecule has 2 amide bonds. The van der Waals surface area contributed by atoms with E-state index in [-0.39, 0.29) is 51.3 Å². The summed E-state index contributed by atoms with van der Waals surface area (Å²) in [7, 11) is -6.11. The zero-order chi connectivity index (χ0) is 49.0. The van der Waals surface area contributed by atoms with Gasteiger partial charge in [0.1, 0.15) is 15.8 Å². The molecule has 20 heteroatoms. The molecule has 4 aromatic heterocycles. The van der Waals surface area contributed by atoms with Crippen molar-refractivity contribution < 1.29 is 49.8 Å². The maximum atomic E-state index is 15.8. The number of amides is 2. The number of carbonyl (C=O) groups is 2. The number of ether oxygens (including phenoxy) is 2. The first kappa shape index (κ1) is 50.5. The Morgan fingerprint density at radius 2 is 1.42 bits per heavy atom. The number of thiophene rings is 1. The quantitative estimate of drug-likeness (QED) is 0.0735. The van der Waals surface area contributed by atoms with Gasteiger partial charge in [0.2, 0.25) is 17.7 Å². The largest absolute Gasteiger partial charge is 0.481 e. The van der Waals surface area contributed by atoms with E-state index in [0.29, 0.717) is 45.0 Å². The van der Waals surface area contributed by atoms with Gasteiger partial charge in [-0.1, -0.05) is 20.8 Å². The van der Waals surface area contributed by atoms with E-state index >= 15 is 4.39 Å². The monoisotopic (exact) mass is 978 g/mol. The van der Waals surface area contributed by atoms with Gasteiger partial charge in [0.25, 0.3) is 20.0 Å². The van der Waals surface area contributed by atoms with Crippen molar-refractivity contribution in [2.24, 2.45) is 7.05 Å². The minimum atomic E-state index is -4.56. The molecule has 67 heavy (non-hydrogen) atoms. The van der Waals surface area contributed by atoms with Crippen LogP contribution in [0.15, 0.2) is 88.5 Å². The minimum Gasteiger partial charge on any atom is -0.481 e. The van der Waals surface area contributed by atoms with Crippen LogP contribution in [0.5, 0.6) is 5.88 Å². The van der Waals surface area contributed by atoms with Crippen LogP contribution in [0.1, 0.15) is 91.8 Å². The highest BCUT2D eigenvalue weighted by Gasteiger charge is 2.32. The summed E-state index contributed by atoms with van der Waals surface area (Å²) < 4.78 is 102. The summed E-state index contributed by atoms with van der Waals surface area (Å²) in [6.45, 7) is 10.6. The highest BCUT2D eigenvalue weighted by molar-refractivity contribution is 7.92. The Morgan fingerprint density at radius 1 is 0.836 bits per heavy atom. The van der Waals surface area contributed by atoms with Gasteiger partial charge >= 0.3 is 0 Å². The number of nitrogens with zero attached hydrogens (tertiary/aromatic N) is 4. The van der Waals surface area contributed by atoms with Gasteiger partial charge in [-0.2, -0.15) is 13.5 Å². The highest BCUT2D eigenvalue weighted by atomic mass is 32.2. The fourth-order valence-electron chi connectivity index (χ4n) is 7.74. The molecule has 0 aliphatic heterocycles. The van der Waals surface area contributed by atoms with E-state index in [2.05, 4.69) is 24.5 Å². The molecular weight excluding hydrogens is 927 g/mol. The first-order valence-corrected chi connectivity index (χ1v) is 24.9. The molecule has 0 spiro atoms. The van der Waals surface area contributed by atoms with E-state index in [1.807, 2.05) is 13.8 Å². The Hall–Kier alpha value is -5.93. The number of hydrogen-bond donors (Lipinski definition) is 3. The summed E-state index contributed by atoms with van der Waals surface area (Å²) in [5.41, 5.74) is 2.22. The Kier molecular flexibility index (Phi) is 15.5. The first-order chi connectivity index (χ1) is 31.5. The first-order valence-electron chi connectivity index (χ1n) is 21.1. The molecule has 0 bridgehead atoms. The number of pyridine rings is 2. The number of hydrogen-bond acceptors (Lipinski definition) is 13. The Labute approximate surface area is 392 Å². The van der Waals surface area contributed by atoms with E-state index in [1.165, 1.54) is 86.7 Å². The summed E-state index contributed by atoms with van der Waals surface area (Å²) in [6, 6.07) is 14.0. The maximum absolute atomic E-state index is 15.8. The van der Waals surface area contributed by atoms with Gasteiger partial charge in [0.05, 0.1) is 37.9 Å². The van der Waals surface area contributed by atoms with E-state index in [4.69, 9.17) is 9.47 Å². The second-order valence-corrected chi connectivity index (χ2v) is 21.4. The van der Waals surface area contributed by atoms with Gasteiger partial charge in [-0.3, -0.25) is 19.3 Å². The van der Waals surface area contributed by atoms with Gasteiger partial charge in [-0.25, -0.2) is 31.6 Å². The number of methoxy groups -OCH3 is 1. The average molecular weight is 979 g/mol. The van der Waals surface area contributed by atoms with Gasteiger partial charge < -0.3 is 14.6 Å². The number of aryl methyl sites for hydroxylation is 1. The number of rotatable bonds is 19. The Balaban J connectivity index is 1.34. The number of aliphatic hydroxyl groups is 1. The van der Waals surface area contributed by atoms with Gasteiger partial charge in [-0.05, 0) is 138 Å². The lowest BCUT2D eigenvalue weighted by atomic mass is 9.85. The summed E-state index contributed by atoms with van der Waals surface area (Å²) in [5, 5.41) is 15.0. The standard InChI is InChI=1S/C47H52F2N6O9S3/c1-9-64-26-33-22-45(52-55(33)7)66(59,60)53-42(56)24-39-35(19-32(49)21-37(39)30-12-15-51-44(17-30)63-8)28(4)16-41-40(47(5,6)58)25-46(65-41)67(61,62)54-43(57)23-38-34(27(2)3)18-31(48)20-36(38)29-10-13-50-14-11-29/h10-15,17-22,25,27-28,58H,9,16,23-24,26H2,1-8H3,(H,53,56)(H,54,57). The Bertz CT molecular complexity index is 3020. The van der Waals surface area contributed by atoms with Crippen LogP contribution in [0.2, 0.25) is 0 Å². The van der Waals surface area contributed by atoms with Crippen molar-refractivity contribution in [3.63, 3.8) is 0 Å². The fourth-order valence-corrected chi connectivity index (χ4v) is 11.5. The maximum Gasteiger partial charge on any atom is 0.283 e. The van der Waals surface area contributed by atoms with Crippen LogP contribution in [-0.4, -0.2) is 67.2 Å². The molecule has 6 aromatic rings. The molecule has 4 heterocycles. The molecule has 15 nitrogen and oxygen atoms in total. The smallest absolute Gasteiger partial charge is 0.283 e. The number of aromatic nitrogens is 4. The lowest BCUT2D eigenvalue weighted by Gasteiger charge is -2.23. The van der Waals surface area contributed by atoms with Crippen LogP contribution in [0.25, 0.3) is 22.3 Å². The molecule has 0 fully saturated rings. The van der Waals surface area contributed by atoms with Crippen molar-refractivity contribution in [2.45, 2.75) is 94.1 Å². The molecule has 356 valence electrons. The highest BCUT2D eigenvalue weighted by Crippen LogP contribution is 2.40. The van der Waals surface area contributed by atoms with Crippen molar-refractivity contribution in [3.8, 4) is 28.1 Å². The average Bonchev–Trinajstić information content (AvgIpc) is 3.88. The van der Waals surface area contributed by atoms with Crippen LogP contribution < -0.4 is 14.2 Å². The van der Waals surface area contributed by atoms with Crippen LogP contribution in [0.3, 0.4) is 0 Å². The third-order valence-corrected chi connectivity index (χ3v) is 15.2. The lowest BCUT2D eigenvalue weighted by molar-refractivity contribution is -0.119. The van der Waals surface area contributed by atoms with Gasteiger partial charge in [0, 0.05) is 49.3 Å². The summed E-state index contributed by atoms with van der Waals surface area (Å²) >= 11 is 0.803. The molecule has 0 saturated carbocycles. The molecule has 0 radical (unpaired) electrons. The molecule has 1 unspecified atom stereocenters. The van der Waals surface area contributed by atoms with E-state index < -0.39 is 72.9 Å². The molecule has 1 atom stereocenters. The fraction of sp³-hybridized carbons (Fsp3) is 0.340. The number of nitrogens with one attached hydrogen (secondary N) is 2. The third kappa shape index (κ3) is 12.0. The van der Waals surface area contributed by atoms with Crippen LogP contribution >= 0.6 is 11.3 Å². The van der Waals surface area contributed by atoms with Crippen molar-refractivity contribution in [1.29, 1.82) is 0 Å². The van der Waals surface area contributed by atoms with E-state index in [0.717, 1.165) is 11.3 Å². The molecule has 2 aromatic carbocycles. The summed E-state index contributed by atoms with van der Waals surface area (Å²) in [4.78, 5) is 36.1. The SMILES string of the molecule is CCOCc1cc(S(=O)(=O)NC(=O)Cc2c(-c3ccnc(OC)c3)cc(F)cc2C(C)Cc2sc(S(=O)(=O)NC(=O)Cc3c(-c4ccncc4)cc(F)cc3C(C)C)cc2C(C)(C)O)nn1C. The number of benzene rings is 2. The number of halogens is 2.